The number of fused-ring (bicyclic) bond motifs is 1. The van der Waals surface area contributed by atoms with Gasteiger partial charge < -0.3 is 9.64 Å². The van der Waals surface area contributed by atoms with E-state index in [4.69, 9.17) is 4.74 Å². The SMILES string of the molecule is Cc1ccn2c(C(=O)N(C)C[C@@H]3CCOC3)nnc2n1. The predicted molar refractivity (Wildman–Crippen MR) is 71.4 cm³/mol. The van der Waals surface area contributed by atoms with Crippen molar-refractivity contribution in [1.82, 2.24) is 24.5 Å². The monoisotopic (exact) mass is 275 g/mol. The number of aromatic nitrogens is 4. The van der Waals surface area contributed by atoms with E-state index in [1.54, 1.807) is 22.5 Å². The van der Waals surface area contributed by atoms with Crippen molar-refractivity contribution in [2.24, 2.45) is 5.92 Å². The number of nitrogens with zero attached hydrogens (tertiary/aromatic N) is 5. The fourth-order valence-corrected chi connectivity index (χ4v) is 2.39. The van der Waals surface area contributed by atoms with Crippen LogP contribution in [0.15, 0.2) is 12.3 Å². The van der Waals surface area contributed by atoms with Crippen LogP contribution in [0.25, 0.3) is 5.78 Å². The van der Waals surface area contributed by atoms with Gasteiger partial charge in [0.05, 0.1) is 6.61 Å². The van der Waals surface area contributed by atoms with Crippen LogP contribution in [0.2, 0.25) is 0 Å². The van der Waals surface area contributed by atoms with E-state index in [0.29, 0.717) is 24.1 Å². The number of hydrogen-bond donors (Lipinski definition) is 0. The molecule has 0 saturated carbocycles. The molecule has 0 bridgehead atoms. The van der Waals surface area contributed by atoms with E-state index in [-0.39, 0.29) is 5.91 Å². The van der Waals surface area contributed by atoms with Crippen molar-refractivity contribution in [3.05, 3.63) is 23.8 Å². The van der Waals surface area contributed by atoms with Crippen LogP contribution in [0.3, 0.4) is 0 Å². The minimum Gasteiger partial charge on any atom is -0.381 e. The third-order valence-electron chi connectivity index (χ3n) is 3.51. The first-order valence-electron chi connectivity index (χ1n) is 6.67. The van der Waals surface area contributed by atoms with Gasteiger partial charge in [0.15, 0.2) is 0 Å². The van der Waals surface area contributed by atoms with Gasteiger partial charge in [0, 0.05) is 38.0 Å². The smallest absolute Gasteiger partial charge is 0.291 e. The van der Waals surface area contributed by atoms with Gasteiger partial charge in [0.2, 0.25) is 5.82 Å². The third-order valence-corrected chi connectivity index (χ3v) is 3.51. The molecule has 0 unspecified atom stereocenters. The van der Waals surface area contributed by atoms with Crippen molar-refractivity contribution >= 4 is 11.7 Å². The van der Waals surface area contributed by atoms with Gasteiger partial charge in [-0.2, -0.15) is 0 Å². The standard InChI is InChI=1S/C13H17N5O2/c1-9-3-5-18-11(15-16-13(18)14-9)12(19)17(2)7-10-4-6-20-8-10/h3,5,10H,4,6-8H2,1-2H3/t10-/m0/s1. The Kier molecular flexibility index (Phi) is 3.35. The van der Waals surface area contributed by atoms with Gasteiger partial charge in [0.25, 0.3) is 11.7 Å². The highest BCUT2D eigenvalue weighted by Crippen LogP contribution is 2.14. The molecule has 0 aromatic carbocycles. The molecule has 7 nitrogen and oxygen atoms in total. The number of rotatable bonds is 3. The van der Waals surface area contributed by atoms with E-state index < -0.39 is 0 Å². The molecule has 106 valence electrons. The molecule has 0 N–H and O–H groups in total. The number of ether oxygens (including phenoxy) is 1. The summed E-state index contributed by atoms with van der Waals surface area (Å²) >= 11 is 0. The normalized spacial score (nSPS) is 18.6. The Morgan fingerprint density at radius 3 is 3.15 bits per heavy atom. The van der Waals surface area contributed by atoms with E-state index in [1.165, 1.54) is 0 Å². The van der Waals surface area contributed by atoms with Gasteiger partial charge in [-0.05, 0) is 19.4 Å². The molecular weight excluding hydrogens is 258 g/mol. The number of amides is 1. The van der Waals surface area contributed by atoms with Crippen LogP contribution >= 0.6 is 0 Å². The molecule has 7 heteroatoms. The number of carbonyl (C=O) groups is 1. The average Bonchev–Trinajstić information content (AvgIpc) is 3.06. The van der Waals surface area contributed by atoms with E-state index >= 15 is 0 Å². The van der Waals surface area contributed by atoms with Crippen LogP contribution in [0.5, 0.6) is 0 Å². The highest BCUT2D eigenvalue weighted by atomic mass is 16.5. The number of hydrogen-bond acceptors (Lipinski definition) is 5. The lowest BCUT2D eigenvalue weighted by atomic mass is 10.1. The van der Waals surface area contributed by atoms with E-state index in [9.17, 15) is 4.79 Å². The van der Waals surface area contributed by atoms with Crippen LogP contribution in [0.4, 0.5) is 0 Å². The zero-order valence-corrected chi connectivity index (χ0v) is 11.6. The minimum atomic E-state index is -0.143. The van der Waals surface area contributed by atoms with Gasteiger partial charge in [-0.1, -0.05) is 0 Å². The van der Waals surface area contributed by atoms with Gasteiger partial charge in [0.1, 0.15) is 0 Å². The Hall–Kier alpha value is -2.02. The van der Waals surface area contributed by atoms with Crippen molar-refractivity contribution in [3.63, 3.8) is 0 Å². The van der Waals surface area contributed by atoms with Crippen molar-refractivity contribution < 1.29 is 9.53 Å². The molecule has 1 amide bonds. The summed E-state index contributed by atoms with van der Waals surface area (Å²) in [5, 5.41) is 7.90. The van der Waals surface area contributed by atoms with Crippen molar-refractivity contribution in [2.45, 2.75) is 13.3 Å². The maximum atomic E-state index is 12.4. The maximum absolute atomic E-state index is 12.4. The lowest BCUT2D eigenvalue weighted by Gasteiger charge is -2.19. The first-order chi connectivity index (χ1) is 9.65. The molecule has 2 aromatic heterocycles. The largest absolute Gasteiger partial charge is 0.381 e. The van der Waals surface area contributed by atoms with E-state index in [2.05, 4.69) is 15.2 Å². The fraction of sp³-hybridized carbons (Fsp3) is 0.538. The molecule has 3 heterocycles. The third kappa shape index (κ3) is 2.36. The van der Waals surface area contributed by atoms with Crippen LogP contribution in [-0.2, 0) is 4.74 Å². The summed E-state index contributed by atoms with van der Waals surface area (Å²) in [7, 11) is 1.78. The molecule has 1 fully saturated rings. The Bertz CT molecular complexity index is 633. The van der Waals surface area contributed by atoms with Crippen LogP contribution in [0.1, 0.15) is 22.7 Å². The average molecular weight is 275 g/mol. The zero-order valence-electron chi connectivity index (χ0n) is 11.6. The molecule has 2 aromatic rings. The first-order valence-corrected chi connectivity index (χ1v) is 6.67. The van der Waals surface area contributed by atoms with Crippen molar-refractivity contribution in [3.8, 4) is 0 Å². The molecule has 0 spiro atoms. The Morgan fingerprint density at radius 2 is 2.40 bits per heavy atom. The zero-order chi connectivity index (χ0) is 14.1. The van der Waals surface area contributed by atoms with Crippen LogP contribution < -0.4 is 0 Å². The Morgan fingerprint density at radius 1 is 1.55 bits per heavy atom. The highest BCUT2D eigenvalue weighted by Gasteiger charge is 2.23. The molecule has 1 aliphatic heterocycles. The molecule has 3 rings (SSSR count). The van der Waals surface area contributed by atoms with Crippen molar-refractivity contribution in [1.29, 1.82) is 0 Å². The summed E-state index contributed by atoms with van der Waals surface area (Å²) in [5.41, 5.74) is 0.848. The summed E-state index contributed by atoms with van der Waals surface area (Å²) in [6.07, 6.45) is 2.77. The second-order valence-corrected chi connectivity index (χ2v) is 5.18. The summed E-state index contributed by atoms with van der Waals surface area (Å²) in [6.45, 7) is 4.05. The molecule has 1 saturated heterocycles. The minimum absolute atomic E-state index is 0.143. The summed E-state index contributed by atoms with van der Waals surface area (Å²) < 4.78 is 6.95. The second kappa shape index (κ2) is 5.16. The van der Waals surface area contributed by atoms with Crippen LogP contribution in [0, 0.1) is 12.8 Å². The number of aryl methyl sites for hydroxylation is 1. The van der Waals surface area contributed by atoms with Crippen LogP contribution in [-0.4, -0.2) is 57.2 Å². The number of carbonyl (C=O) groups excluding carboxylic acids is 1. The van der Waals surface area contributed by atoms with Gasteiger partial charge in [-0.15, -0.1) is 10.2 Å². The molecule has 20 heavy (non-hydrogen) atoms. The van der Waals surface area contributed by atoms with Gasteiger partial charge in [-0.25, -0.2) is 4.98 Å². The topological polar surface area (TPSA) is 72.6 Å². The summed E-state index contributed by atoms with van der Waals surface area (Å²) in [4.78, 5) is 18.3. The molecule has 1 atom stereocenters. The van der Waals surface area contributed by atoms with E-state index in [0.717, 1.165) is 25.3 Å². The Balaban J connectivity index is 1.80. The summed E-state index contributed by atoms with van der Waals surface area (Å²) in [5.74, 6) is 1.01. The van der Waals surface area contributed by atoms with Gasteiger partial charge >= 0.3 is 0 Å². The fourth-order valence-electron chi connectivity index (χ4n) is 2.39. The van der Waals surface area contributed by atoms with E-state index in [1.807, 2.05) is 13.0 Å². The highest BCUT2D eigenvalue weighted by molar-refractivity contribution is 5.91. The first kappa shape index (κ1) is 13.0. The van der Waals surface area contributed by atoms with Crippen molar-refractivity contribution in [2.75, 3.05) is 26.8 Å². The molecule has 1 aliphatic rings. The quantitative estimate of drug-likeness (QED) is 0.817. The lowest BCUT2D eigenvalue weighted by Crippen LogP contribution is -2.33. The van der Waals surface area contributed by atoms with Gasteiger partial charge in [-0.3, -0.25) is 9.20 Å². The lowest BCUT2D eigenvalue weighted by molar-refractivity contribution is 0.0752. The summed E-state index contributed by atoms with van der Waals surface area (Å²) in [6, 6.07) is 1.83. The molecular formula is C13H17N5O2. The molecule has 0 radical (unpaired) electrons. The maximum Gasteiger partial charge on any atom is 0.291 e. The molecule has 0 aliphatic carbocycles. The second-order valence-electron chi connectivity index (χ2n) is 5.18. The Labute approximate surface area is 116 Å². The predicted octanol–water partition coefficient (Wildman–Crippen LogP) is 0.541.